The Morgan fingerprint density at radius 3 is 1.00 bits per heavy atom. The normalized spacial score (nSPS) is 21.9. The highest BCUT2D eigenvalue weighted by atomic mass is 16.1. The Hall–Kier alpha value is -5.04. The van der Waals surface area contributed by atoms with Crippen LogP contribution in [0.3, 0.4) is 0 Å². The van der Waals surface area contributed by atoms with E-state index >= 15 is 0 Å². The van der Waals surface area contributed by atoms with Gasteiger partial charge in [-0.15, -0.1) is 0 Å². The maximum absolute atomic E-state index is 14.7. The van der Waals surface area contributed by atoms with E-state index in [0.717, 1.165) is 12.8 Å². The summed E-state index contributed by atoms with van der Waals surface area (Å²) in [7, 11) is 0. The first kappa shape index (κ1) is 36.7. The molecule has 0 amide bonds. The Morgan fingerprint density at radius 2 is 0.788 bits per heavy atom. The van der Waals surface area contributed by atoms with E-state index in [1.54, 1.807) is 0 Å². The first-order valence-electron chi connectivity index (χ1n) is 18.1. The molecule has 0 unspecified atom stereocenters. The van der Waals surface area contributed by atoms with Gasteiger partial charge in [-0.25, -0.2) is 0 Å². The molecule has 0 aliphatic heterocycles. The summed E-state index contributed by atoms with van der Waals surface area (Å²) in [6.07, 6.45) is 9.83. The van der Waals surface area contributed by atoms with E-state index in [1.807, 2.05) is 107 Å². The Morgan fingerprint density at radius 1 is 0.519 bits per heavy atom. The van der Waals surface area contributed by atoms with Gasteiger partial charge in [0.15, 0.2) is 11.6 Å². The quantitative estimate of drug-likeness (QED) is 0.249. The predicted octanol–water partition coefficient (Wildman–Crippen LogP) is 10.1. The van der Waals surface area contributed by atoms with Crippen LogP contribution < -0.4 is 0 Å². The lowest BCUT2D eigenvalue weighted by molar-refractivity contribution is -0.130. The zero-order chi connectivity index (χ0) is 38.8. The zero-order valence-electron chi connectivity index (χ0n) is 32.6. The molecule has 2 fully saturated rings. The number of fused-ring (bicyclic) bond motifs is 5. The Balaban J connectivity index is 2.04. The predicted molar refractivity (Wildman–Crippen MR) is 202 cm³/mol. The van der Waals surface area contributed by atoms with Crippen LogP contribution in [0.15, 0.2) is 82.0 Å². The fourth-order valence-electron chi connectivity index (χ4n) is 10.2. The molecule has 0 atom stereocenters. The average molecular weight is 689 g/mol. The average Bonchev–Trinajstić information content (AvgIpc) is 3.81. The lowest BCUT2D eigenvalue weighted by Gasteiger charge is -2.76. The van der Waals surface area contributed by atoms with Crippen molar-refractivity contribution in [2.24, 2.45) is 43.3 Å². The third-order valence-electron chi connectivity index (χ3n) is 12.4. The van der Waals surface area contributed by atoms with Crippen molar-refractivity contribution in [1.29, 1.82) is 21.0 Å². The number of hydrogen-bond acceptors (Lipinski definition) is 6. The molecular formula is C46H48N4O2. The maximum Gasteiger partial charge on any atom is 0.185 e. The molecule has 4 spiro atoms. The van der Waals surface area contributed by atoms with E-state index < -0.39 is 43.3 Å². The minimum Gasteiger partial charge on any atom is -0.289 e. The number of Topliss-reactive ketones (excluding diaryl/α,β-unsaturated/α-hetero) is 2. The summed E-state index contributed by atoms with van der Waals surface area (Å²) < 4.78 is 0. The lowest BCUT2D eigenvalue weighted by Crippen LogP contribution is -2.73. The molecule has 0 aromatic heterocycles. The van der Waals surface area contributed by atoms with Crippen molar-refractivity contribution < 1.29 is 9.59 Å². The number of carbonyl (C=O) groups is 2. The van der Waals surface area contributed by atoms with Gasteiger partial charge in [-0.1, -0.05) is 132 Å². The molecule has 6 rings (SSSR count). The van der Waals surface area contributed by atoms with E-state index in [2.05, 4.69) is 48.6 Å². The van der Waals surface area contributed by atoms with Gasteiger partial charge in [-0.3, -0.25) is 9.59 Å². The lowest BCUT2D eigenvalue weighted by atomic mass is 9.24. The van der Waals surface area contributed by atoms with Crippen molar-refractivity contribution in [1.82, 2.24) is 0 Å². The molecule has 0 radical (unpaired) electrons. The maximum atomic E-state index is 14.7. The number of allylic oxidation sites excluding steroid dienone is 12. The Kier molecular flexibility index (Phi) is 7.60. The molecular weight excluding hydrogens is 641 g/mol. The van der Waals surface area contributed by atoms with Crippen LogP contribution >= 0.6 is 0 Å². The van der Waals surface area contributed by atoms with Gasteiger partial charge in [0.05, 0.1) is 5.41 Å². The number of benzene rings is 1. The summed E-state index contributed by atoms with van der Waals surface area (Å²) in [6.45, 7) is 24.3. The van der Waals surface area contributed by atoms with E-state index in [1.165, 1.54) is 0 Å². The van der Waals surface area contributed by atoms with Crippen molar-refractivity contribution in [2.45, 2.75) is 95.9 Å². The van der Waals surface area contributed by atoms with E-state index in [-0.39, 0.29) is 22.7 Å². The third-order valence-corrected chi connectivity index (χ3v) is 12.4. The highest BCUT2D eigenvalue weighted by Gasteiger charge is 2.92. The summed E-state index contributed by atoms with van der Waals surface area (Å²) in [5.74, 6) is -0.109. The smallest absolute Gasteiger partial charge is 0.185 e. The van der Waals surface area contributed by atoms with Crippen LogP contribution in [-0.2, 0) is 9.59 Å². The first-order chi connectivity index (χ1) is 23.9. The molecule has 264 valence electrons. The van der Waals surface area contributed by atoms with Crippen LogP contribution in [-0.4, -0.2) is 11.6 Å². The number of hydrogen-bond donors (Lipinski definition) is 0. The molecule has 0 saturated heterocycles. The molecule has 5 aliphatic rings. The molecule has 6 nitrogen and oxygen atoms in total. The summed E-state index contributed by atoms with van der Waals surface area (Å²) in [6, 6.07) is 16.4. The van der Waals surface area contributed by atoms with Gasteiger partial charge in [-0.05, 0) is 51.0 Å². The highest BCUT2D eigenvalue weighted by Crippen LogP contribution is 2.97. The summed E-state index contributed by atoms with van der Waals surface area (Å²) >= 11 is 0. The van der Waals surface area contributed by atoms with Crippen LogP contribution in [0.1, 0.15) is 107 Å². The molecule has 52 heavy (non-hydrogen) atoms. The van der Waals surface area contributed by atoms with Gasteiger partial charge in [-0.2, -0.15) is 21.0 Å². The van der Waals surface area contributed by atoms with Crippen molar-refractivity contribution >= 4 is 22.7 Å². The Labute approximate surface area is 309 Å². The van der Waals surface area contributed by atoms with Gasteiger partial charge in [0.25, 0.3) is 0 Å². The SMILES string of the molecule is CC(C)(C)C1=CC2(C=C(C(C)(C)C)C1=O)C1(CC1)C1(C=C(C(C)(C)C)C(=O)C(C(C)(C)C)=C1)C21C(=C(C#N)C#N)c2ccccc2C1=C(C#N)C#N. The zero-order valence-corrected chi connectivity index (χ0v) is 32.6. The molecule has 0 heterocycles. The topological polar surface area (TPSA) is 129 Å². The van der Waals surface area contributed by atoms with Gasteiger partial charge < -0.3 is 0 Å². The standard InChI is InChI=1S/C46H48N4O2/c1-39(2,3)31-19-44(20-32(37(31)51)40(4,5)6)43(17-18-43)45(21-33(41(7,8)9)38(52)34(22-45)42(10,11)12)46(44)35(27(23-47)24-48)29-15-13-14-16-30(29)36(46)28(25-49)26-50/h13-16,19-22H,17-18H2,1-12H3. The Bertz CT molecular complexity index is 2000. The molecule has 2 saturated carbocycles. The van der Waals surface area contributed by atoms with Crippen LogP contribution in [0.25, 0.3) is 11.1 Å². The second-order valence-corrected chi connectivity index (χ2v) is 19.5. The number of rotatable bonds is 0. The summed E-state index contributed by atoms with van der Waals surface area (Å²) in [4.78, 5) is 29.4. The largest absolute Gasteiger partial charge is 0.289 e. The van der Waals surface area contributed by atoms with E-state index in [9.17, 15) is 30.6 Å². The number of nitriles is 4. The second kappa shape index (κ2) is 10.8. The fourth-order valence-corrected chi connectivity index (χ4v) is 10.2. The fraction of sp³-hybridized carbons (Fsp3) is 0.478. The van der Waals surface area contributed by atoms with Crippen molar-refractivity contribution in [3.8, 4) is 24.3 Å². The van der Waals surface area contributed by atoms with Crippen LogP contribution in [0.5, 0.6) is 0 Å². The number of nitrogens with zero attached hydrogens (tertiary/aromatic N) is 4. The van der Waals surface area contributed by atoms with Gasteiger partial charge in [0.2, 0.25) is 0 Å². The minimum absolute atomic E-state index is 0.0543. The molecule has 5 aliphatic carbocycles. The van der Waals surface area contributed by atoms with Gasteiger partial charge >= 0.3 is 0 Å². The van der Waals surface area contributed by atoms with Gasteiger partial charge in [0, 0.05) is 44.3 Å². The van der Waals surface area contributed by atoms with Crippen LogP contribution in [0.2, 0.25) is 0 Å². The number of ketones is 2. The van der Waals surface area contributed by atoms with Gasteiger partial charge in [0.1, 0.15) is 35.4 Å². The molecule has 0 N–H and O–H groups in total. The van der Waals surface area contributed by atoms with Crippen molar-refractivity contribution in [2.75, 3.05) is 0 Å². The molecule has 6 heteroatoms. The first-order valence-corrected chi connectivity index (χ1v) is 18.1. The summed E-state index contributed by atoms with van der Waals surface area (Å²) in [5, 5.41) is 43.5. The molecule has 1 aromatic rings. The summed E-state index contributed by atoms with van der Waals surface area (Å²) in [5.41, 5.74) is -2.31. The third kappa shape index (κ3) is 4.25. The monoisotopic (exact) mass is 688 g/mol. The van der Waals surface area contributed by atoms with Crippen molar-refractivity contribution in [3.05, 3.63) is 93.1 Å². The highest BCUT2D eigenvalue weighted by molar-refractivity contribution is 6.16. The van der Waals surface area contributed by atoms with E-state index in [0.29, 0.717) is 44.6 Å². The van der Waals surface area contributed by atoms with Crippen molar-refractivity contribution in [3.63, 3.8) is 0 Å². The van der Waals surface area contributed by atoms with Crippen LogP contribution in [0, 0.1) is 88.6 Å². The minimum atomic E-state index is -1.44. The molecule has 0 bridgehead atoms. The molecule has 1 aromatic carbocycles. The van der Waals surface area contributed by atoms with Crippen LogP contribution in [0.4, 0.5) is 0 Å². The van der Waals surface area contributed by atoms with E-state index in [4.69, 9.17) is 0 Å². The number of carbonyl (C=O) groups excluding carboxylic acids is 2. The second-order valence-electron chi connectivity index (χ2n) is 19.5.